The van der Waals surface area contributed by atoms with E-state index in [1.165, 1.54) is 0 Å². The van der Waals surface area contributed by atoms with Crippen LogP contribution in [0.15, 0.2) is 10.9 Å². The Labute approximate surface area is 110 Å². The number of nitrogens with zero attached hydrogens (tertiary/aromatic N) is 2. The minimum absolute atomic E-state index is 0.0833. The van der Waals surface area contributed by atoms with E-state index in [1.807, 2.05) is 4.90 Å². The highest BCUT2D eigenvalue weighted by Gasteiger charge is 2.18. The van der Waals surface area contributed by atoms with Crippen molar-refractivity contribution in [3.05, 3.63) is 16.4 Å². The Morgan fingerprint density at radius 1 is 1.47 bits per heavy atom. The summed E-state index contributed by atoms with van der Waals surface area (Å²) in [4.78, 5) is 28.7. The molecule has 0 spiro atoms. The summed E-state index contributed by atoms with van der Waals surface area (Å²) >= 11 is 0. The van der Waals surface area contributed by atoms with E-state index in [4.69, 9.17) is 16.6 Å². The Balaban J connectivity index is 0.000000191. The van der Waals surface area contributed by atoms with Crippen molar-refractivity contribution in [2.75, 3.05) is 25.4 Å². The minimum atomic E-state index is -0.458. The second-order valence-corrected chi connectivity index (χ2v) is 4.12. The van der Waals surface area contributed by atoms with Crippen molar-refractivity contribution in [1.29, 1.82) is 0 Å². The fraction of sp³-hybridized carbons (Fsp3) is 0.545. The molecule has 0 radical (unpaired) electrons. The molecule has 1 saturated heterocycles. The Hall–Kier alpha value is -2.09. The van der Waals surface area contributed by atoms with Gasteiger partial charge in [0, 0.05) is 19.5 Å². The number of amides is 1. The minimum Gasteiger partial charge on any atom is -0.493 e. The lowest BCUT2D eigenvalue weighted by Gasteiger charge is -2.13. The number of anilines is 1. The zero-order valence-corrected chi connectivity index (χ0v) is 10.6. The molecule has 0 aliphatic carbocycles. The molecule has 2 rings (SSSR count). The summed E-state index contributed by atoms with van der Waals surface area (Å²) in [5, 5.41) is 8.58. The number of nitrogens with two attached hydrogens (primary N) is 2. The first-order valence-corrected chi connectivity index (χ1v) is 6.06. The van der Waals surface area contributed by atoms with Gasteiger partial charge in [-0.25, -0.2) is 0 Å². The summed E-state index contributed by atoms with van der Waals surface area (Å²) in [7, 11) is 0. The summed E-state index contributed by atoms with van der Waals surface area (Å²) in [5.74, 6) is -0.148. The number of aromatic amines is 1. The number of nitrogen functional groups attached to an aromatic ring is 1. The number of carbonyl (C=O) groups is 1. The number of nitrogens with one attached hydrogen (secondary N) is 1. The molecule has 8 nitrogen and oxygen atoms in total. The molecular formula is C11H19N5O3. The summed E-state index contributed by atoms with van der Waals surface area (Å²) < 4.78 is 0. The predicted molar refractivity (Wildman–Crippen MR) is 70.4 cm³/mol. The number of carbonyl (C=O) groups excluding carboxylic acids is 1. The van der Waals surface area contributed by atoms with E-state index in [9.17, 15) is 9.59 Å². The molecule has 0 saturated carbocycles. The molecule has 6 N–H and O–H groups in total. The van der Waals surface area contributed by atoms with Gasteiger partial charge in [-0.1, -0.05) is 0 Å². The first-order chi connectivity index (χ1) is 9.02. The summed E-state index contributed by atoms with van der Waals surface area (Å²) in [5.41, 5.74) is 9.89. The quantitative estimate of drug-likeness (QED) is 0.556. The van der Waals surface area contributed by atoms with E-state index < -0.39 is 5.56 Å². The van der Waals surface area contributed by atoms with Gasteiger partial charge in [0.2, 0.25) is 17.7 Å². The van der Waals surface area contributed by atoms with Gasteiger partial charge in [0.25, 0.3) is 5.56 Å². The van der Waals surface area contributed by atoms with Crippen LogP contribution >= 0.6 is 0 Å². The Morgan fingerprint density at radius 2 is 2.21 bits per heavy atom. The van der Waals surface area contributed by atoms with Gasteiger partial charge in [-0.2, -0.15) is 4.98 Å². The first kappa shape index (κ1) is 15.0. The van der Waals surface area contributed by atoms with Crippen molar-refractivity contribution in [2.45, 2.75) is 19.3 Å². The van der Waals surface area contributed by atoms with Crippen molar-refractivity contribution in [3.8, 4) is 5.88 Å². The van der Waals surface area contributed by atoms with Crippen LogP contribution < -0.4 is 17.0 Å². The molecule has 2 heterocycles. The molecule has 1 fully saturated rings. The van der Waals surface area contributed by atoms with E-state index in [-0.39, 0.29) is 11.8 Å². The maximum Gasteiger partial charge on any atom is 0.256 e. The fourth-order valence-corrected chi connectivity index (χ4v) is 1.69. The van der Waals surface area contributed by atoms with Crippen LogP contribution in [0.1, 0.15) is 19.3 Å². The molecule has 0 bridgehead atoms. The largest absolute Gasteiger partial charge is 0.493 e. The number of H-pyrrole nitrogens is 1. The van der Waals surface area contributed by atoms with E-state index in [1.54, 1.807) is 0 Å². The van der Waals surface area contributed by atoms with Crippen molar-refractivity contribution in [1.82, 2.24) is 14.9 Å². The van der Waals surface area contributed by atoms with Gasteiger partial charge in [0.15, 0.2) is 0 Å². The van der Waals surface area contributed by atoms with Crippen molar-refractivity contribution in [2.24, 2.45) is 5.73 Å². The second kappa shape index (κ2) is 7.37. The van der Waals surface area contributed by atoms with Crippen LogP contribution in [0.3, 0.4) is 0 Å². The lowest BCUT2D eigenvalue weighted by Crippen LogP contribution is -2.27. The Morgan fingerprint density at radius 3 is 2.68 bits per heavy atom. The van der Waals surface area contributed by atoms with Crippen LogP contribution in [0.5, 0.6) is 5.88 Å². The monoisotopic (exact) mass is 269 g/mol. The number of hydrogen-bond acceptors (Lipinski definition) is 6. The molecule has 0 unspecified atom stereocenters. The summed E-state index contributed by atoms with van der Waals surface area (Å²) in [6.45, 7) is 2.48. The number of aromatic nitrogens is 2. The molecule has 0 aromatic carbocycles. The molecule has 1 aromatic heterocycles. The maximum absolute atomic E-state index is 11.0. The van der Waals surface area contributed by atoms with Crippen LogP contribution in [-0.2, 0) is 4.79 Å². The lowest BCUT2D eigenvalue weighted by atomic mass is 10.4. The zero-order valence-electron chi connectivity index (χ0n) is 10.6. The van der Waals surface area contributed by atoms with Gasteiger partial charge in [0.05, 0.1) is 6.07 Å². The van der Waals surface area contributed by atoms with E-state index in [0.717, 1.165) is 38.4 Å². The molecule has 1 aliphatic rings. The Bertz CT molecular complexity index is 450. The number of aromatic hydroxyl groups is 1. The van der Waals surface area contributed by atoms with E-state index in [0.29, 0.717) is 12.5 Å². The lowest BCUT2D eigenvalue weighted by molar-refractivity contribution is -0.127. The smallest absolute Gasteiger partial charge is 0.256 e. The number of hydrogen-bond donors (Lipinski definition) is 4. The third-order valence-corrected chi connectivity index (χ3v) is 2.55. The van der Waals surface area contributed by atoms with Crippen LogP contribution in [0, 0.1) is 0 Å². The summed E-state index contributed by atoms with van der Waals surface area (Å²) in [6, 6.07) is 0.941. The highest BCUT2D eigenvalue weighted by atomic mass is 16.3. The predicted octanol–water partition coefficient (Wildman–Crippen LogP) is -0.985. The molecular weight excluding hydrogens is 250 g/mol. The van der Waals surface area contributed by atoms with Gasteiger partial charge in [-0.3, -0.25) is 14.6 Å². The molecule has 19 heavy (non-hydrogen) atoms. The first-order valence-electron chi connectivity index (χ1n) is 6.06. The van der Waals surface area contributed by atoms with Gasteiger partial charge in [0.1, 0.15) is 0 Å². The van der Waals surface area contributed by atoms with Crippen molar-refractivity contribution in [3.63, 3.8) is 0 Å². The fourth-order valence-electron chi connectivity index (χ4n) is 1.69. The van der Waals surface area contributed by atoms with Gasteiger partial charge in [-0.15, -0.1) is 0 Å². The molecule has 1 aromatic rings. The van der Waals surface area contributed by atoms with Crippen LogP contribution in [-0.4, -0.2) is 45.5 Å². The molecule has 106 valence electrons. The van der Waals surface area contributed by atoms with Crippen molar-refractivity contribution >= 4 is 11.9 Å². The van der Waals surface area contributed by atoms with Crippen LogP contribution in [0.4, 0.5) is 5.95 Å². The summed E-state index contributed by atoms with van der Waals surface area (Å²) in [6.07, 6.45) is 2.71. The van der Waals surface area contributed by atoms with Gasteiger partial charge in [-0.05, 0) is 19.4 Å². The van der Waals surface area contributed by atoms with Crippen LogP contribution in [0.25, 0.3) is 0 Å². The highest BCUT2D eigenvalue weighted by molar-refractivity contribution is 5.77. The molecule has 0 atom stereocenters. The van der Waals surface area contributed by atoms with Gasteiger partial charge >= 0.3 is 0 Å². The molecule has 8 heteroatoms. The van der Waals surface area contributed by atoms with Crippen molar-refractivity contribution < 1.29 is 9.90 Å². The standard InChI is InChI=1S/C7H14N2O.C4H5N3O2/c8-4-2-6-9-5-1-3-7(9)10;5-4-6-2(8)1-3(9)7-4/h1-6,8H2;1H,(H4,5,6,7,8,9). The Kier molecular flexibility index (Phi) is 5.80. The average molecular weight is 269 g/mol. The third kappa shape index (κ3) is 5.38. The normalized spacial score (nSPS) is 14.2. The van der Waals surface area contributed by atoms with E-state index >= 15 is 0 Å². The maximum atomic E-state index is 11.0. The molecule has 1 amide bonds. The van der Waals surface area contributed by atoms with E-state index in [2.05, 4.69) is 9.97 Å². The second-order valence-electron chi connectivity index (χ2n) is 4.12. The average Bonchev–Trinajstić information content (AvgIpc) is 2.71. The van der Waals surface area contributed by atoms with Gasteiger partial charge < -0.3 is 21.5 Å². The highest BCUT2D eigenvalue weighted by Crippen LogP contribution is 2.08. The third-order valence-electron chi connectivity index (χ3n) is 2.55. The topological polar surface area (TPSA) is 138 Å². The number of rotatable bonds is 3. The molecule has 1 aliphatic heterocycles. The van der Waals surface area contributed by atoms with Crippen LogP contribution in [0.2, 0.25) is 0 Å². The zero-order chi connectivity index (χ0) is 14.3. The SMILES string of the molecule is NCCCN1CCCC1=O.Nc1nc(O)cc(=O)[nH]1. The number of likely N-dealkylation sites (tertiary alicyclic amines) is 1.